The van der Waals surface area contributed by atoms with Gasteiger partial charge in [0.15, 0.2) is 0 Å². The van der Waals surface area contributed by atoms with E-state index in [-0.39, 0.29) is 6.04 Å². The van der Waals surface area contributed by atoms with Crippen molar-refractivity contribution in [3.05, 3.63) is 107 Å². The summed E-state index contributed by atoms with van der Waals surface area (Å²) in [5.74, 6) is 1.97. The van der Waals surface area contributed by atoms with Crippen LogP contribution in [0.2, 0.25) is 0 Å². The number of fused-ring (bicyclic) bond motifs is 3. The first kappa shape index (κ1) is 18.1. The molecule has 1 aliphatic carbocycles. The molecule has 5 rings (SSSR count). The van der Waals surface area contributed by atoms with Crippen LogP contribution in [0.1, 0.15) is 46.2 Å². The van der Waals surface area contributed by atoms with Gasteiger partial charge in [-0.15, -0.1) is 0 Å². The second-order valence-electron chi connectivity index (χ2n) is 8.26. The van der Waals surface area contributed by atoms with Crippen molar-refractivity contribution in [2.75, 3.05) is 5.32 Å². The van der Waals surface area contributed by atoms with Crippen molar-refractivity contribution in [1.82, 2.24) is 0 Å². The second kappa shape index (κ2) is 7.44. The summed E-state index contributed by atoms with van der Waals surface area (Å²) in [6.07, 6.45) is 5.85. The third kappa shape index (κ3) is 3.23. The molecule has 0 amide bonds. The van der Waals surface area contributed by atoms with Gasteiger partial charge in [0.05, 0.1) is 6.04 Å². The molecule has 1 N–H and O–H groups in total. The van der Waals surface area contributed by atoms with Crippen LogP contribution in [-0.4, -0.2) is 0 Å². The van der Waals surface area contributed by atoms with Gasteiger partial charge < -0.3 is 10.1 Å². The average molecular weight is 382 g/mol. The van der Waals surface area contributed by atoms with Gasteiger partial charge in [-0.25, -0.2) is 0 Å². The van der Waals surface area contributed by atoms with Crippen molar-refractivity contribution in [1.29, 1.82) is 0 Å². The minimum atomic E-state index is 0.245. The Morgan fingerprint density at radius 1 is 0.897 bits per heavy atom. The molecule has 0 spiro atoms. The van der Waals surface area contributed by atoms with E-state index in [1.807, 2.05) is 6.07 Å². The van der Waals surface area contributed by atoms with Crippen LogP contribution < -0.4 is 10.1 Å². The van der Waals surface area contributed by atoms with Gasteiger partial charge in [0.25, 0.3) is 0 Å². The van der Waals surface area contributed by atoms with Gasteiger partial charge in [0.2, 0.25) is 0 Å². The van der Waals surface area contributed by atoms with Crippen molar-refractivity contribution < 1.29 is 4.74 Å². The summed E-state index contributed by atoms with van der Waals surface area (Å²) in [7, 11) is 0. The normalized spacial score (nSPS) is 21.9. The van der Waals surface area contributed by atoms with Gasteiger partial charge in [-0.3, -0.25) is 0 Å². The first-order chi connectivity index (χ1) is 14.2. The topological polar surface area (TPSA) is 21.3 Å². The molecular formula is C27H27NO. The van der Waals surface area contributed by atoms with Crippen LogP contribution in [0.15, 0.2) is 78.9 Å². The van der Waals surface area contributed by atoms with Gasteiger partial charge >= 0.3 is 0 Å². The number of aryl methyl sites for hydroxylation is 1. The third-order valence-electron chi connectivity index (χ3n) is 6.56. The number of para-hydroxylation sites is 1. The number of hydrogen-bond acceptors (Lipinski definition) is 2. The highest BCUT2D eigenvalue weighted by atomic mass is 16.5. The molecule has 0 saturated heterocycles. The molecule has 29 heavy (non-hydrogen) atoms. The molecule has 1 aliphatic heterocycles. The predicted molar refractivity (Wildman–Crippen MR) is 119 cm³/mol. The van der Waals surface area contributed by atoms with Crippen molar-refractivity contribution >= 4 is 5.69 Å². The fourth-order valence-electron chi connectivity index (χ4n) is 4.83. The van der Waals surface area contributed by atoms with Crippen LogP contribution in [0, 0.1) is 19.8 Å². The summed E-state index contributed by atoms with van der Waals surface area (Å²) in [5.41, 5.74) is 7.88. The Morgan fingerprint density at radius 2 is 1.69 bits per heavy atom. The highest BCUT2D eigenvalue weighted by molar-refractivity contribution is 5.66. The standard InChI is InChI=1S/C27H27NO/c1-18-15-16-23-21-12-8-13-22(21)27(28-26(23)19(18)2)24-11-6-7-14-25(24)29-17-20-9-4-3-5-10-20/h3-12,14-16,21-22,27-28H,13,17H2,1-2H3. The van der Waals surface area contributed by atoms with Crippen molar-refractivity contribution in [2.45, 2.75) is 38.8 Å². The maximum atomic E-state index is 6.31. The number of hydrogen-bond donors (Lipinski definition) is 1. The Bertz CT molecular complexity index is 1050. The minimum Gasteiger partial charge on any atom is -0.489 e. The molecule has 3 atom stereocenters. The Kier molecular flexibility index (Phi) is 4.63. The van der Waals surface area contributed by atoms with Gasteiger partial charge in [0.1, 0.15) is 12.4 Å². The lowest BCUT2D eigenvalue weighted by molar-refractivity contribution is 0.296. The summed E-state index contributed by atoms with van der Waals surface area (Å²) < 4.78 is 6.31. The summed E-state index contributed by atoms with van der Waals surface area (Å²) in [5, 5.41) is 3.91. The maximum absolute atomic E-state index is 6.31. The predicted octanol–water partition coefficient (Wildman–Crippen LogP) is 6.71. The number of allylic oxidation sites excluding steroid dienone is 2. The fourth-order valence-corrected chi connectivity index (χ4v) is 4.83. The zero-order valence-corrected chi connectivity index (χ0v) is 17.1. The molecule has 2 nitrogen and oxygen atoms in total. The SMILES string of the molecule is Cc1ccc2c(c1C)NC(c1ccccc1OCc1ccccc1)C1CC=CC21. The Labute approximate surface area is 173 Å². The zero-order valence-electron chi connectivity index (χ0n) is 17.1. The van der Waals surface area contributed by atoms with E-state index in [4.69, 9.17) is 4.74 Å². The van der Waals surface area contributed by atoms with E-state index in [0.29, 0.717) is 18.4 Å². The van der Waals surface area contributed by atoms with E-state index in [1.165, 1.54) is 33.5 Å². The number of anilines is 1. The van der Waals surface area contributed by atoms with Crippen LogP contribution in [0.3, 0.4) is 0 Å². The maximum Gasteiger partial charge on any atom is 0.125 e. The number of benzene rings is 3. The minimum absolute atomic E-state index is 0.245. The molecule has 3 aromatic carbocycles. The van der Waals surface area contributed by atoms with E-state index in [2.05, 4.69) is 92.0 Å². The van der Waals surface area contributed by atoms with Crippen molar-refractivity contribution in [2.24, 2.45) is 5.92 Å². The first-order valence-corrected chi connectivity index (χ1v) is 10.5. The van der Waals surface area contributed by atoms with Crippen LogP contribution >= 0.6 is 0 Å². The van der Waals surface area contributed by atoms with Crippen LogP contribution in [0.5, 0.6) is 5.75 Å². The van der Waals surface area contributed by atoms with Gasteiger partial charge in [-0.05, 0) is 54.5 Å². The Balaban J connectivity index is 1.50. The van der Waals surface area contributed by atoms with Crippen LogP contribution in [-0.2, 0) is 6.61 Å². The molecule has 0 fully saturated rings. The lowest BCUT2D eigenvalue weighted by Crippen LogP contribution is -2.30. The van der Waals surface area contributed by atoms with E-state index < -0.39 is 0 Å². The van der Waals surface area contributed by atoms with Gasteiger partial charge in [0, 0.05) is 17.2 Å². The fraction of sp³-hybridized carbons (Fsp3) is 0.259. The van der Waals surface area contributed by atoms with E-state index in [9.17, 15) is 0 Å². The van der Waals surface area contributed by atoms with Crippen LogP contribution in [0.25, 0.3) is 0 Å². The number of nitrogens with one attached hydrogen (secondary N) is 1. The summed E-state index contributed by atoms with van der Waals surface area (Å²) in [6.45, 7) is 5.01. The molecule has 0 radical (unpaired) electrons. The lowest BCUT2D eigenvalue weighted by atomic mass is 9.76. The first-order valence-electron chi connectivity index (χ1n) is 10.5. The largest absolute Gasteiger partial charge is 0.489 e. The monoisotopic (exact) mass is 381 g/mol. The molecule has 146 valence electrons. The molecule has 0 bridgehead atoms. The van der Waals surface area contributed by atoms with E-state index in [1.54, 1.807) is 0 Å². The zero-order chi connectivity index (χ0) is 19.8. The molecule has 2 aliphatic rings. The van der Waals surface area contributed by atoms with E-state index >= 15 is 0 Å². The average Bonchev–Trinajstić information content (AvgIpc) is 3.25. The molecule has 3 unspecified atom stereocenters. The molecule has 3 aromatic rings. The van der Waals surface area contributed by atoms with Gasteiger partial charge in [-0.2, -0.15) is 0 Å². The Morgan fingerprint density at radius 3 is 2.55 bits per heavy atom. The quantitative estimate of drug-likeness (QED) is 0.507. The number of rotatable bonds is 4. The molecular weight excluding hydrogens is 354 g/mol. The highest BCUT2D eigenvalue weighted by Gasteiger charge is 2.39. The number of ether oxygens (including phenoxy) is 1. The van der Waals surface area contributed by atoms with Gasteiger partial charge in [-0.1, -0.05) is 72.8 Å². The van der Waals surface area contributed by atoms with Crippen molar-refractivity contribution in [3.63, 3.8) is 0 Å². The molecule has 0 aromatic heterocycles. The summed E-state index contributed by atoms with van der Waals surface area (Å²) in [6, 6.07) is 23.7. The smallest absolute Gasteiger partial charge is 0.125 e. The molecule has 1 heterocycles. The third-order valence-corrected chi connectivity index (χ3v) is 6.56. The molecule has 2 heteroatoms. The van der Waals surface area contributed by atoms with Crippen molar-refractivity contribution in [3.8, 4) is 5.75 Å². The second-order valence-corrected chi connectivity index (χ2v) is 8.26. The summed E-state index contributed by atoms with van der Waals surface area (Å²) in [4.78, 5) is 0. The molecule has 0 saturated carbocycles. The van der Waals surface area contributed by atoms with Crippen LogP contribution in [0.4, 0.5) is 5.69 Å². The van der Waals surface area contributed by atoms with E-state index in [0.717, 1.165) is 12.2 Å². The summed E-state index contributed by atoms with van der Waals surface area (Å²) >= 11 is 0. The highest BCUT2D eigenvalue weighted by Crippen LogP contribution is 2.52. The lowest BCUT2D eigenvalue weighted by Gasteiger charge is -2.39. The Hall–Kier alpha value is -3.00.